The Hall–Kier alpha value is -4.39. The highest BCUT2D eigenvalue weighted by atomic mass is 32.2. The number of benzene rings is 3. The molecule has 1 aromatic heterocycles. The first-order valence-corrected chi connectivity index (χ1v) is 17.4. The van der Waals surface area contributed by atoms with E-state index >= 15 is 0 Å². The van der Waals surface area contributed by atoms with Crippen LogP contribution in [0.25, 0.3) is 10.9 Å². The van der Waals surface area contributed by atoms with Crippen molar-refractivity contribution in [2.45, 2.75) is 70.0 Å². The lowest BCUT2D eigenvalue weighted by molar-refractivity contribution is -0.122. The number of aliphatic hydroxyl groups excluding tert-OH is 1. The number of nitrogens with one attached hydrogen (secondary N) is 2. The summed E-state index contributed by atoms with van der Waals surface area (Å²) in [6.07, 6.45) is 2.22. The zero-order valence-electron chi connectivity index (χ0n) is 28.3. The number of rotatable bonds is 11. The number of aromatic nitrogens is 1. The van der Waals surface area contributed by atoms with Crippen LogP contribution in [-0.4, -0.2) is 73.7 Å². The molecule has 0 radical (unpaired) electrons. The van der Waals surface area contributed by atoms with Crippen molar-refractivity contribution >= 4 is 39.0 Å². The monoisotopic (exact) mass is 678 g/mol. The standard InChI is InChI=1S/C35H44N4O5S.CH2O2/c1-7-25-22-39-21-23(2)45(42,43)38(5)31-18-26(17-29(25)33(31)39)34(41)37-30(16-24-12-9-8-10-13-24)32(40)20-36-35(3,4)27-14-11-15-28(19-27)44-6;2-1-3/h8-15,17-19,22-23,30,32,36,40H,7,16,20-21H2,1-6H3,(H,37,41);1H,(H,2,3)/t23?,30-,32+;/m0./s1. The molecular formula is C36H46N4O7S. The molecule has 1 amide bonds. The molecule has 0 spiro atoms. The average Bonchev–Trinajstić information content (AvgIpc) is 3.41. The third-order valence-electron chi connectivity index (χ3n) is 8.98. The molecule has 0 saturated heterocycles. The van der Waals surface area contributed by atoms with Crippen LogP contribution in [-0.2, 0) is 39.7 Å². The van der Waals surface area contributed by atoms with Gasteiger partial charge in [0, 0.05) is 42.8 Å². The molecule has 3 aromatic carbocycles. The Morgan fingerprint density at radius 3 is 2.46 bits per heavy atom. The highest BCUT2D eigenvalue weighted by molar-refractivity contribution is 7.93. The SMILES string of the molecule is CCc1cn2c3c(cc(C(=O)N[C@@H](Cc4ccccc4)[C@H](O)CNC(C)(C)c4cccc(OC)c4)cc13)N(C)S(=O)(=O)C(C)C2.O=CO. The summed E-state index contributed by atoms with van der Waals surface area (Å²) in [6.45, 7) is 8.13. The van der Waals surface area contributed by atoms with Gasteiger partial charge in [0.1, 0.15) is 5.75 Å². The van der Waals surface area contributed by atoms with Crippen LogP contribution in [0.15, 0.2) is 72.9 Å². The molecule has 3 atom stereocenters. The van der Waals surface area contributed by atoms with Crippen LogP contribution >= 0.6 is 0 Å². The molecule has 0 saturated carbocycles. The van der Waals surface area contributed by atoms with E-state index in [0.29, 0.717) is 24.2 Å². The topological polar surface area (TPSA) is 150 Å². The molecule has 1 unspecified atom stereocenters. The third kappa shape index (κ3) is 7.83. The second kappa shape index (κ2) is 15.2. The van der Waals surface area contributed by atoms with Crippen molar-refractivity contribution in [1.82, 2.24) is 15.2 Å². The average molecular weight is 679 g/mol. The first kappa shape index (κ1) is 36.4. The summed E-state index contributed by atoms with van der Waals surface area (Å²) in [5.74, 6) is 0.372. The highest BCUT2D eigenvalue weighted by Crippen LogP contribution is 2.37. The molecule has 2 heterocycles. The predicted molar refractivity (Wildman–Crippen MR) is 188 cm³/mol. The van der Waals surface area contributed by atoms with Gasteiger partial charge in [-0.05, 0) is 74.6 Å². The van der Waals surface area contributed by atoms with Gasteiger partial charge in [-0.25, -0.2) is 8.42 Å². The molecule has 11 nitrogen and oxygen atoms in total. The molecular weight excluding hydrogens is 632 g/mol. The Bertz CT molecular complexity index is 1840. The number of aliphatic hydroxyl groups is 1. The largest absolute Gasteiger partial charge is 0.497 e. The fourth-order valence-corrected chi connectivity index (χ4v) is 7.38. The van der Waals surface area contributed by atoms with Crippen LogP contribution in [0.4, 0.5) is 5.69 Å². The van der Waals surface area contributed by atoms with Crippen molar-refractivity contribution in [3.63, 3.8) is 0 Å². The number of hydrogen-bond donors (Lipinski definition) is 4. The minimum Gasteiger partial charge on any atom is -0.497 e. The zero-order valence-corrected chi connectivity index (χ0v) is 29.1. The summed E-state index contributed by atoms with van der Waals surface area (Å²) in [5.41, 5.74) is 4.17. The summed E-state index contributed by atoms with van der Waals surface area (Å²) in [4.78, 5) is 22.3. The van der Waals surface area contributed by atoms with Gasteiger partial charge < -0.3 is 30.2 Å². The molecule has 0 bridgehead atoms. The number of carbonyl (C=O) groups excluding carboxylic acids is 1. The Kier molecular flexibility index (Phi) is 11.6. The van der Waals surface area contributed by atoms with Crippen molar-refractivity contribution in [2.75, 3.05) is 25.0 Å². The van der Waals surface area contributed by atoms with Crippen molar-refractivity contribution < 1.29 is 33.0 Å². The predicted octanol–water partition coefficient (Wildman–Crippen LogP) is 4.31. The molecule has 1 aliphatic heterocycles. The molecule has 0 fully saturated rings. The van der Waals surface area contributed by atoms with Crippen LogP contribution in [0.5, 0.6) is 5.75 Å². The third-order valence-corrected chi connectivity index (χ3v) is 11.1. The van der Waals surface area contributed by atoms with E-state index in [2.05, 4.69) is 10.6 Å². The first-order chi connectivity index (χ1) is 22.8. The molecule has 0 aliphatic carbocycles. The lowest BCUT2D eigenvalue weighted by Crippen LogP contribution is -2.51. The van der Waals surface area contributed by atoms with Gasteiger partial charge in [-0.3, -0.25) is 13.9 Å². The smallest absolute Gasteiger partial charge is 0.290 e. The van der Waals surface area contributed by atoms with Crippen LogP contribution in [0.3, 0.4) is 0 Å². The van der Waals surface area contributed by atoms with Crippen LogP contribution in [0.1, 0.15) is 54.7 Å². The maximum Gasteiger partial charge on any atom is 0.290 e. The minimum atomic E-state index is -3.62. The number of carbonyl (C=O) groups is 2. The minimum absolute atomic E-state index is 0.216. The Labute approximate surface area is 282 Å². The van der Waals surface area contributed by atoms with E-state index in [4.69, 9.17) is 14.6 Å². The van der Waals surface area contributed by atoms with E-state index in [1.54, 1.807) is 27.1 Å². The van der Waals surface area contributed by atoms with Crippen LogP contribution in [0.2, 0.25) is 0 Å². The Morgan fingerprint density at radius 2 is 1.81 bits per heavy atom. The quantitative estimate of drug-likeness (QED) is 0.172. The van der Waals surface area contributed by atoms with Gasteiger partial charge in [-0.2, -0.15) is 0 Å². The molecule has 258 valence electrons. The summed E-state index contributed by atoms with van der Waals surface area (Å²) in [7, 11) is -0.445. The molecule has 4 N–H and O–H groups in total. The first-order valence-electron chi connectivity index (χ1n) is 15.9. The summed E-state index contributed by atoms with van der Waals surface area (Å²) in [6, 6.07) is 20.4. The Balaban J connectivity index is 0.00000167. The number of amides is 1. The maximum absolute atomic E-state index is 14.0. The second-order valence-electron chi connectivity index (χ2n) is 12.6. The highest BCUT2D eigenvalue weighted by Gasteiger charge is 2.34. The summed E-state index contributed by atoms with van der Waals surface area (Å²) >= 11 is 0. The van der Waals surface area contributed by atoms with Crippen molar-refractivity contribution in [3.8, 4) is 5.75 Å². The normalized spacial score (nSPS) is 16.6. The number of ether oxygens (including phenoxy) is 1. The number of aryl methyl sites for hydroxylation is 1. The van der Waals surface area contributed by atoms with Gasteiger partial charge in [0.25, 0.3) is 12.4 Å². The fourth-order valence-electron chi connectivity index (χ4n) is 6.08. The zero-order chi connectivity index (χ0) is 35.2. The number of sulfonamides is 1. The lowest BCUT2D eigenvalue weighted by atomic mass is 9.93. The second-order valence-corrected chi connectivity index (χ2v) is 14.9. The molecule has 48 heavy (non-hydrogen) atoms. The van der Waals surface area contributed by atoms with E-state index in [-0.39, 0.29) is 18.9 Å². The van der Waals surface area contributed by atoms with E-state index in [0.717, 1.165) is 39.8 Å². The molecule has 12 heteroatoms. The van der Waals surface area contributed by atoms with Gasteiger partial charge in [-0.15, -0.1) is 0 Å². The van der Waals surface area contributed by atoms with Gasteiger partial charge in [-0.1, -0.05) is 49.4 Å². The van der Waals surface area contributed by atoms with Crippen molar-refractivity contribution in [3.05, 3.63) is 95.2 Å². The number of carboxylic acid groups (broad SMARTS) is 1. The number of hydrogen-bond acceptors (Lipinski definition) is 7. The van der Waals surface area contributed by atoms with E-state index in [1.807, 2.05) is 92.2 Å². The van der Waals surface area contributed by atoms with Gasteiger partial charge in [0.15, 0.2) is 0 Å². The Morgan fingerprint density at radius 1 is 1.12 bits per heavy atom. The van der Waals surface area contributed by atoms with Crippen LogP contribution < -0.4 is 19.7 Å². The van der Waals surface area contributed by atoms with Gasteiger partial charge in [0.2, 0.25) is 10.0 Å². The fraction of sp³-hybridized carbons (Fsp3) is 0.389. The summed E-state index contributed by atoms with van der Waals surface area (Å²) < 4.78 is 35.3. The number of methoxy groups -OCH3 is 1. The van der Waals surface area contributed by atoms with Crippen molar-refractivity contribution in [1.29, 1.82) is 0 Å². The van der Waals surface area contributed by atoms with E-state index < -0.39 is 33.0 Å². The molecule has 1 aliphatic rings. The maximum atomic E-state index is 14.0. The van der Waals surface area contributed by atoms with E-state index in [1.165, 1.54) is 4.31 Å². The number of nitrogens with zero attached hydrogens (tertiary/aromatic N) is 2. The van der Waals surface area contributed by atoms with Crippen molar-refractivity contribution in [2.24, 2.45) is 0 Å². The molecule has 4 aromatic rings. The van der Waals surface area contributed by atoms with Crippen LogP contribution in [0, 0.1) is 0 Å². The van der Waals surface area contributed by atoms with Gasteiger partial charge >= 0.3 is 0 Å². The van der Waals surface area contributed by atoms with Gasteiger partial charge in [0.05, 0.1) is 35.7 Å². The number of anilines is 1. The van der Waals surface area contributed by atoms with E-state index in [9.17, 15) is 18.3 Å². The lowest BCUT2D eigenvalue weighted by Gasteiger charge is -2.31. The summed E-state index contributed by atoms with van der Waals surface area (Å²) in [5, 5.41) is 25.2. The molecule has 5 rings (SSSR count).